The zero-order chi connectivity index (χ0) is 13.1. The lowest BCUT2D eigenvalue weighted by Gasteiger charge is -2.06. The van der Waals surface area contributed by atoms with E-state index >= 15 is 0 Å². The Labute approximate surface area is 122 Å². The summed E-state index contributed by atoms with van der Waals surface area (Å²) in [5, 5.41) is 3.56. The standard InChI is InChI=1S/C12H7BrCl2N2O/c13-8-6-7(3-4-9(8)14)12(18)17-11-10(15)2-1-5-16-11/h1-6H,(H,16,17,18). The number of carbonyl (C=O) groups excluding carboxylic acids is 1. The number of nitrogens with one attached hydrogen (secondary N) is 1. The highest BCUT2D eigenvalue weighted by Gasteiger charge is 2.10. The Morgan fingerprint density at radius 2 is 2.00 bits per heavy atom. The van der Waals surface area contributed by atoms with E-state index in [-0.39, 0.29) is 5.91 Å². The summed E-state index contributed by atoms with van der Waals surface area (Å²) in [6.45, 7) is 0. The van der Waals surface area contributed by atoms with Crippen LogP contribution < -0.4 is 5.32 Å². The summed E-state index contributed by atoms with van der Waals surface area (Å²) in [5.74, 6) is 0.0307. The van der Waals surface area contributed by atoms with Crippen LogP contribution in [-0.4, -0.2) is 10.9 Å². The fourth-order valence-corrected chi connectivity index (χ4v) is 1.96. The molecule has 1 aromatic heterocycles. The Hall–Kier alpha value is -1.10. The Morgan fingerprint density at radius 3 is 2.67 bits per heavy atom. The maximum absolute atomic E-state index is 12.0. The van der Waals surface area contributed by atoms with Crippen LogP contribution in [0.3, 0.4) is 0 Å². The van der Waals surface area contributed by atoms with Crippen LogP contribution in [0.25, 0.3) is 0 Å². The highest BCUT2D eigenvalue weighted by molar-refractivity contribution is 9.10. The summed E-state index contributed by atoms with van der Waals surface area (Å²) < 4.78 is 0.656. The molecular weight excluding hydrogens is 339 g/mol. The van der Waals surface area contributed by atoms with Gasteiger partial charge in [-0.1, -0.05) is 23.2 Å². The first-order valence-electron chi connectivity index (χ1n) is 4.95. The average Bonchev–Trinajstić information content (AvgIpc) is 2.35. The van der Waals surface area contributed by atoms with Gasteiger partial charge in [-0.05, 0) is 46.3 Å². The van der Waals surface area contributed by atoms with Crippen LogP contribution in [0.2, 0.25) is 10.0 Å². The van der Waals surface area contributed by atoms with Gasteiger partial charge in [0.1, 0.15) is 0 Å². The molecule has 92 valence electrons. The SMILES string of the molecule is O=C(Nc1ncccc1Cl)c1ccc(Cl)c(Br)c1. The highest BCUT2D eigenvalue weighted by Crippen LogP contribution is 2.24. The van der Waals surface area contributed by atoms with Gasteiger partial charge in [0.2, 0.25) is 0 Å². The second kappa shape index (κ2) is 5.69. The number of carbonyl (C=O) groups is 1. The zero-order valence-electron chi connectivity index (χ0n) is 8.95. The fraction of sp³-hybridized carbons (Fsp3) is 0. The Kier molecular flexibility index (Phi) is 4.22. The summed E-state index contributed by atoms with van der Waals surface area (Å²) in [6, 6.07) is 8.24. The summed E-state index contributed by atoms with van der Waals surface area (Å²) >= 11 is 15.0. The second-order valence-electron chi connectivity index (χ2n) is 3.42. The third-order valence-corrected chi connectivity index (χ3v) is 3.69. The first kappa shape index (κ1) is 13.3. The predicted molar refractivity (Wildman–Crippen MR) is 76.4 cm³/mol. The molecule has 0 radical (unpaired) electrons. The lowest BCUT2D eigenvalue weighted by atomic mass is 10.2. The summed E-state index contributed by atoms with van der Waals surface area (Å²) in [4.78, 5) is 15.9. The van der Waals surface area contributed by atoms with E-state index in [4.69, 9.17) is 23.2 Å². The lowest BCUT2D eigenvalue weighted by molar-refractivity contribution is 0.102. The Morgan fingerprint density at radius 1 is 1.22 bits per heavy atom. The van der Waals surface area contributed by atoms with Crippen molar-refractivity contribution in [1.29, 1.82) is 0 Å². The molecule has 0 aliphatic heterocycles. The van der Waals surface area contributed by atoms with Crippen molar-refractivity contribution >= 4 is 50.9 Å². The van der Waals surface area contributed by atoms with E-state index in [2.05, 4.69) is 26.2 Å². The molecule has 18 heavy (non-hydrogen) atoms. The predicted octanol–water partition coefficient (Wildman–Crippen LogP) is 4.40. The molecule has 1 aromatic carbocycles. The van der Waals surface area contributed by atoms with Crippen molar-refractivity contribution in [3.05, 3.63) is 56.6 Å². The van der Waals surface area contributed by atoms with Crippen molar-refractivity contribution in [2.45, 2.75) is 0 Å². The minimum absolute atomic E-state index is 0.298. The quantitative estimate of drug-likeness (QED) is 0.876. The number of nitrogens with zero attached hydrogens (tertiary/aromatic N) is 1. The molecule has 1 amide bonds. The summed E-state index contributed by atoms with van der Waals surface area (Å²) in [7, 11) is 0. The molecule has 3 nitrogen and oxygen atoms in total. The Balaban J connectivity index is 2.22. The van der Waals surface area contributed by atoms with Crippen molar-refractivity contribution < 1.29 is 4.79 Å². The average molecular weight is 346 g/mol. The molecule has 0 aliphatic rings. The van der Waals surface area contributed by atoms with E-state index in [0.29, 0.717) is 25.9 Å². The van der Waals surface area contributed by atoms with Crippen molar-refractivity contribution in [3.63, 3.8) is 0 Å². The molecule has 0 spiro atoms. The monoisotopic (exact) mass is 344 g/mol. The van der Waals surface area contributed by atoms with Gasteiger partial charge in [-0.3, -0.25) is 4.79 Å². The van der Waals surface area contributed by atoms with Crippen LogP contribution in [-0.2, 0) is 0 Å². The molecular formula is C12H7BrCl2N2O. The molecule has 1 N–H and O–H groups in total. The van der Waals surface area contributed by atoms with Crippen LogP contribution >= 0.6 is 39.1 Å². The third-order valence-electron chi connectivity index (χ3n) is 2.17. The zero-order valence-corrected chi connectivity index (χ0v) is 12.1. The molecule has 0 aliphatic carbocycles. The molecule has 1 heterocycles. The maximum atomic E-state index is 12.0. The van der Waals surface area contributed by atoms with E-state index in [0.717, 1.165) is 0 Å². The number of hydrogen-bond acceptors (Lipinski definition) is 2. The topological polar surface area (TPSA) is 42.0 Å². The largest absolute Gasteiger partial charge is 0.305 e. The van der Waals surface area contributed by atoms with Gasteiger partial charge in [-0.15, -0.1) is 0 Å². The number of amides is 1. The smallest absolute Gasteiger partial charge is 0.256 e. The molecule has 0 bridgehead atoms. The van der Waals surface area contributed by atoms with Crippen molar-refractivity contribution in [3.8, 4) is 0 Å². The van der Waals surface area contributed by atoms with Gasteiger partial charge in [-0.25, -0.2) is 4.98 Å². The number of rotatable bonds is 2. The van der Waals surface area contributed by atoms with Crippen LogP contribution in [0.5, 0.6) is 0 Å². The van der Waals surface area contributed by atoms with E-state index in [1.165, 1.54) is 0 Å². The maximum Gasteiger partial charge on any atom is 0.256 e. The minimum atomic E-state index is -0.298. The van der Waals surface area contributed by atoms with Gasteiger partial charge in [0, 0.05) is 16.2 Å². The normalized spacial score (nSPS) is 10.2. The highest BCUT2D eigenvalue weighted by atomic mass is 79.9. The Bertz CT molecular complexity index is 604. The first-order chi connectivity index (χ1) is 8.58. The molecule has 0 atom stereocenters. The van der Waals surface area contributed by atoms with Crippen LogP contribution in [0.4, 0.5) is 5.82 Å². The molecule has 0 saturated carbocycles. The van der Waals surface area contributed by atoms with Gasteiger partial charge in [0.05, 0.1) is 10.0 Å². The van der Waals surface area contributed by atoms with Crippen molar-refractivity contribution in [1.82, 2.24) is 4.98 Å². The number of anilines is 1. The van der Waals surface area contributed by atoms with Crippen molar-refractivity contribution in [2.75, 3.05) is 5.32 Å². The number of benzene rings is 1. The van der Waals surface area contributed by atoms with Crippen LogP contribution in [0.15, 0.2) is 41.0 Å². The van der Waals surface area contributed by atoms with Gasteiger partial charge in [0.25, 0.3) is 5.91 Å². The number of halogens is 3. The number of pyridine rings is 1. The summed E-state index contributed by atoms with van der Waals surface area (Å²) in [6.07, 6.45) is 1.55. The summed E-state index contributed by atoms with van der Waals surface area (Å²) in [5.41, 5.74) is 0.466. The van der Waals surface area contributed by atoms with Gasteiger partial charge < -0.3 is 5.32 Å². The van der Waals surface area contributed by atoms with E-state index in [1.807, 2.05) is 0 Å². The second-order valence-corrected chi connectivity index (χ2v) is 5.09. The lowest BCUT2D eigenvalue weighted by Crippen LogP contribution is -2.13. The molecule has 0 saturated heterocycles. The fourth-order valence-electron chi connectivity index (χ4n) is 1.29. The third kappa shape index (κ3) is 3.02. The van der Waals surface area contributed by atoms with Crippen LogP contribution in [0.1, 0.15) is 10.4 Å². The van der Waals surface area contributed by atoms with Gasteiger partial charge in [0.15, 0.2) is 5.82 Å². The minimum Gasteiger partial charge on any atom is -0.305 e. The van der Waals surface area contributed by atoms with Crippen LogP contribution in [0, 0.1) is 0 Å². The molecule has 6 heteroatoms. The van der Waals surface area contributed by atoms with Gasteiger partial charge in [-0.2, -0.15) is 0 Å². The van der Waals surface area contributed by atoms with Crippen molar-refractivity contribution in [2.24, 2.45) is 0 Å². The van der Waals surface area contributed by atoms with E-state index in [9.17, 15) is 4.79 Å². The molecule has 2 aromatic rings. The first-order valence-corrected chi connectivity index (χ1v) is 6.50. The molecule has 0 unspecified atom stereocenters. The number of hydrogen-bond donors (Lipinski definition) is 1. The van der Waals surface area contributed by atoms with E-state index in [1.54, 1.807) is 36.5 Å². The van der Waals surface area contributed by atoms with Gasteiger partial charge >= 0.3 is 0 Å². The number of aromatic nitrogens is 1. The van der Waals surface area contributed by atoms with E-state index < -0.39 is 0 Å². The molecule has 0 fully saturated rings. The molecule has 2 rings (SSSR count).